The van der Waals surface area contributed by atoms with Crippen LogP contribution in [0.25, 0.3) is 0 Å². The van der Waals surface area contributed by atoms with E-state index in [9.17, 15) is 19.5 Å². The molecule has 0 aliphatic carbocycles. The molecule has 3 aliphatic rings. The molecule has 3 heterocycles. The summed E-state index contributed by atoms with van der Waals surface area (Å²) in [6.07, 6.45) is 3.55. The smallest absolute Gasteiger partial charge is 0.245 e. The molecule has 3 fully saturated rings. The maximum Gasteiger partial charge on any atom is 0.245 e. The van der Waals surface area contributed by atoms with Crippen molar-refractivity contribution in [2.45, 2.75) is 63.7 Å². The molecule has 5 atom stereocenters. The molecular weight excluding hydrogens is 350 g/mol. The lowest BCUT2D eigenvalue weighted by molar-refractivity contribution is -0.142. The van der Waals surface area contributed by atoms with Crippen LogP contribution in [0.3, 0.4) is 0 Å². The van der Waals surface area contributed by atoms with Crippen molar-refractivity contribution in [1.82, 2.24) is 15.5 Å². The number of β-amino-alcohol motifs (C(OH)–C–C–N with tert-alkyl or cyclic N) is 1. The Labute approximate surface area is 160 Å². The second-order valence-corrected chi connectivity index (χ2v) is 7.75. The van der Waals surface area contributed by atoms with Crippen molar-refractivity contribution in [3.8, 4) is 0 Å². The molecule has 3 rings (SSSR count). The molecule has 0 aromatic rings. The summed E-state index contributed by atoms with van der Waals surface area (Å²) in [5.74, 6) is -1.88. The first-order valence-corrected chi connectivity index (χ1v) is 10.2. The molecule has 3 aliphatic heterocycles. The number of hydrogen-bond donors (Lipinski definition) is 3. The number of aliphatic hydroxyl groups excluding tert-OH is 1. The van der Waals surface area contributed by atoms with Crippen LogP contribution < -0.4 is 10.6 Å². The van der Waals surface area contributed by atoms with Crippen molar-refractivity contribution in [2.75, 3.05) is 26.2 Å². The van der Waals surface area contributed by atoms with Gasteiger partial charge in [0, 0.05) is 19.6 Å². The van der Waals surface area contributed by atoms with Crippen molar-refractivity contribution >= 4 is 17.7 Å². The topological polar surface area (TPSA) is 108 Å². The quantitative estimate of drug-likeness (QED) is 0.479. The Kier molecular flexibility index (Phi) is 6.05. The van der Waals surface area contributed by atoms with E-state index >= 15 is 0 Å². The van der Waals surface area contributed by atoms with Gasteiger partial charge < -0.3 is 25.4 Å². The molecule has 0 aromatic carbocycles. The Morgan fingerprint density at radius 2 is 1.96 bits per heavy atom. The summed E-state index contributed by atoms with van der Waals surface area (Å²) in [7, 11) is 0. The highest BCUT2D eigenvalue weighted by molar-refractivity contribution is 5.98. The molecule has 3 saturated heterocycles. The van der Waals surface area contributed by atoms with Gasteiger partial charge in [-0.05, 0) is 25.7 Å². The van der Waals surface area contributed by atoms with Crippen LogP contribution in [0.15, 0.2) is 0 Å². The molecule has 0 radical (unpaired) electrons. The third-order valence-corrected chi connectivity index (χ3v) is 6.07. The van der Waals surface area contributed by atoms with Gasteiger partial charge in [-0.25, -0.2) is 0 Å². The lowest BCUT2D eigenvalue weighted by Crippen LogP contribution is -2.55. The molecule has 2 unspecified atom stereocenters. The Morgan fingerprint density at radius 3 is 2.63 bits per heavy atom. The van der Waals surface area contributed by atoms with Crippen LogP contribution in [0.5, 0.6) is 0 Å². The maximum atomic E-state index is 13.2. The number of unbranched alkanes of at least 4 members (excludes halogenated alkanes) is 1. The van der Waals surface area contributed by atoms with Crippen LogP contribution in [0.1, 0.15) is 46.0 Å². The molecule has 3 N–H and O–H groups in total. The number of amides is 3. The normalized spacial score (nSPS) is 34.0. The van der Waals surface area contributed by atoms with Crippen LogP contribution in [0.2, 0.25) is 0 Å². The van der Waals surface area contributed by atoms with Crippen molar-refractivity contribution in [3.63, 3.8) is 0 Å². The van der Waals surface area contributed by atoms with E-state index in [1.807, 2.05) is 13.8 Å². The SMILES string of the molecule is CCCCNC(=O)C1N(CCO)C(=O)[C@@H]2[C@H](C(=O)NCCC)[C@@H]3CCC12O3. The van der Waals surface area contributed by atoms with E-state index < -0.39 is 23.5 Å². The van der Waals surface area contributed by atoms with E-state index in [2.05, 4.69) is 10.6 Å². The van der Waals surface area contributed by atoms with Gasteiger partial charge in [0.05, 0.1) is 24.5 Å². The first-order chi connectivity index (χ1) is 13.0. The van der Waals surface area contributed by atoms with Crippen LogP contribution in [-0.2, 0) is 19.1 Å². The standard InChI is InChI=1S/C19H31N3O5/c1-3-5-9-21-17(25)15-19-7-6-12(27-19)13(16(24)20-8-4-2)14(19)18(26)22(15)10-11-23/h12-15,23H,3-11H2,1-2H3,(H,20,24)(H,21,25)/t12-,13+,14-,15?,19?/m0/s1. The summed E-state index contributed by atoms with van der Waals surface area (Å²) in [5, 5.41) is 15.2. The maximum absolute atomic E-state index is 13.2. The first kappa shape index (κ1) is 20.1. The van der Waals surface area contributed by atoms with Gasteiger partial charge in [0.15, 0.2) is 0 Å². The van der Waals surface area contributed by atoms with E-state index in [1.165, 1.54) is 4.90 Å². The lowest BCUT2D eigenvalue weighted by atomic mass is 9.70. The minimum absolute atomic E-state index is 0.0697. The van der Waals surface area contributed by atoms with Gasteiger partial charge in [0.25, 0.3) is 0 Å². The highest BCUT2D eigenvalue weighted by Gasteiger charge is 2.74. The molecule has 8 heteroatoms. The van der Waals surface area contributed by atoms with E-state index in [0.717, 1.165) is 19.3 Å². The monoisotopic (exact) mass is 381 g/mol. The van der Waals surface area contributed by atoms with E-state index in [0.29, 0.717) is 25.9 Å². The van der Waals surface area contributed by atoms with Crippen molar-refractivity contribution in [1.29, 1.82) is 0 Å². The minimum Gasteiger partial charge on any atom is -0.395 e. The Bertz CT molecular complexity index is 598. The lowest BCUT2D eigenvalue weighted by Gasteiger charge is -2.33. The predicted octanol–water partition coefficient (Wildman–Crippen LogP) is -0.204. The fourth-order valence-electron chi connectivity index (χ4n) is 4.95. The zero-order valence-corrected chi connectivity index (χ0v) is 16.2. The largest absolute Gasteiger partial charge is 0.395 e. The molecule has 0 aromatic heterocycles. The molecule has 8 nitrogen and oxygen atoms in total. The fourth-order valence-corrected chi connectivity index (χ4v) is 4.95. The third-order valence-electron chi connectivity index (χ3n) is 6.07. The average Bonchev–Trinajstić information content (AvgIpc) is 3.28. The average molecular weight is 381 g/mol. The number of rotatable bonds is 9. The van der Waals surface area contributed by atoms with E-state index in [1.54, 1.807) is 0 Å². The Morgan fingerprint density at radius 1 is 1.22 bits per heavy atom. The molecule has 152 valence electrons. The minimum atomic E-state index is -0.957. The number of ether oxygens (including phenoxy) is 1. The highest BCUT2D eigenvalue weighted by atomic mass is 16.5. The number of nitrogens with one attached hydrogen (secondary N) is 2. The zero-order chi connectivity index (χ0) is 19.6. The van der Waals surface area contributed by atoms with Gasteiger partial charge >= 0.3 is 0 Å². The van der Waals surface area contributed by atoms with Gasteiger partial charge in [-0.3, -0.25) is 14.4 Å². The number of fused-ring (bicyclic) bond motifs is 1. The predicted molar refractivity (Wildman–Crippen MR) is 97.6 cm³/mol. The van der Waals surface area contributed by atoms with Crippen molar-refractivity contribution in [2.24, 2.45) is 11.8 Å². The second-order valence-electron chi connectivity index (χ2n) is 7.75. The summed E-state index contributed by atoms with van der Waals surface area (Å²) >= 11 is 0. The molecule has 3 amide bonds. The summed E-state index contributed by atoms with van der Waals surface area (Å²) in [6.45, 7) is 4.94. The summed E-state index contributed by atoms with van der Waals surface area (Å²) < 4.78 is 6.22. The molecule has 27 heavy (non-hydrogen) atoms. The van der Waals surface area contributed by atoms with Crippen LogP contribution in [0.4, 0.5) is 0 Å². The number of aliphatic hydroxyl groups is 1. The van der Waals surface area contributed by atoms with Crippen LogP contribution in [-0.4, -0.2) is 71.7 Å². The molecule has 1 spiro atoms. The summed E-state index contributed by atoms with van der Waals surface area (Å²) in [4.78, 5) is 40.3. The fraction of sp³-hybridized carbons (Fsp3) is 0.842. The van der Waals surface area contributed by atoms with Gasteiger partial charge in [-0.15, -0.1) is 0 Å². The van der Waals surface area contributed by atoms with Gasteiger partial charge in [-0.2, -0.15) is 0 Å². The molecular formula is C19H31N3O5. The zero-order valence-electron chi connectivity index (χ0n) is 16.2. The highest BCUT2D eigenvalue weighted by Crippen LogP contribution is 2.58. The van der Waals surface area contributed by atoms with E-state index in [-0.39, 0.29) is 37.0 Å². The van der Waals surface area contributed by atoms with Gasteiger partial charge in [0.2, 0.25) is 17.7 Å². The third kappa shape index (κ3) is 3.23. The molecule has 0 saturated carbocycles. The Balaban J connectivity index is 1.87. The second kappa shape index (κ2) is 8.14. The van der Waals surface area contributed by atoms with Crippen molar-refractivity contribution < 1.29 is 24.2 Å². The molecule has 2 bridgehead atoms. The van der Waals surface area contributed by atoms with Crippen LogP contribution >= 0.6 is 0 Å². The van der Waals surface area contributed by atoms with Gasteiger partial charge in [0.1, 0.15) is 11.6 Å². The Hall–Kier alpha value is -1.67. The number of nitrogens with zero attached hydrogens (tertiary/aromatic N) is 1. The van der Waals surface area contributed by atoms with Crippen molar-refractivity contribution in [3.05, 3.63) is 0 Å². The van der Waals surface area contributed by atoms with E-state index in [4.69, 9.17) is 4.74 Å². The number of hydrogen-bond acceptors (Lipinski definition) is 5. The first-order valence-electron chi connectivity index (χ1n) is 10.2. The number of likely N-dealkylation sites (tertiary alicyclic amines) is 1. The van der Waals surface area contributed by atoms with Crippen LogP contribution in [0, 0.1) is 11.8 Å². The number of carbonyl (C=O) groups excluding carboxylic acids is 3. The van der Waals surface area contributed by atoms with Gasteiger partial charge in [-0.1, -0.05) is 20.3 Å². The summed E-state index contributed by atoms with van der Waals surface area (Å²) in [5.41, 5.74) is -0.957. The summed E-state index contributed by atoms with van der Waals surface area (Å²) in [6, 6.07) is -0.784. The number of carbonyl (C=O) groups is 3.